The van der Waals surface area contributed by atoms with Gasteiger partial charge in [0.1, 0.15) is 11.6 Å². The average molecular weight is 265 g/mol. The van der Waals surface area contributed by atoms with Gasteiger partial charge in [0.05, 0.1) is 0 Å². The van der Waals surface area contributed by atoms with Crippen molar-refractivity contribution in [1.29, 1.82) is 0 Å². The van der Waals surface area contributed by atoms with Gasteiger partial charge in [-0.2, -0.15) is 0 Å². The molecule has 1 aromatic rings. The third-order valence-electron chi connectivity index (χ3n) is 2.37. The van der Waals surface area contributed by atoms with E-state index in [1.807, 2.05) is 0 Å². The molecule has 0 saturated carbocycles. The first-order chi connectivity index (χ1) is 8.72. The molecule has 1 atom stereocenters. The Hall–Kier alpha value is -2.04. The molecule has 5 heteroatoms. The molecule has 0 radical (unpaired) electrons. The average Bonchev–Trinajstić information content (AvgIpc) is 2.28. The van der Waals surface area contributed by atoms with Crippen LogP contribution >= 0.6 is 0 Å². The molecule has 1 rings (SSSR count). The number of aliphatic carboxylic acids is 1. The lowest BCUT2D eigenvalue weighted by Crippen LogP contribution is -2.46. The Balaban J connectivity index is 3.07. The molecule has 5 nitrogen and oxygen atoms in total. The number of ether oxygens (including phenoxy) is 1. The van der Waals surface area contributed by atoms with Gasteiger partial charge in [-0.1, -0.05) is 18.2 Å². The lowest BCUT2D eigenvalue weighted by atomic mass is 10.2. The van der Waals surface area contributed by atoms with Gasteiger partial charge < -0.3 is 9.84 Å². The molecule has 19 heavy (non-hydrogen) atoms. The van der Waals surface area contributed by atoms with Crippen molar-refractivity contribution in [3.8, 4) is 0 Å². The van der Waals surface area contributed by atoms with Crippen LogP contribution in [-0.4, -0.2) is 28.8 Å². The Morgan fingerprint density at radius 1 is 1.21 bits per heavy atom. The predicted molar refractivity (Wildman–Crippen MR) is 72.3 cm³/mol. The van der Waals surface area contributed by atoms with Gasteiger partial charge in [-0.05, 0) is 39.8 Å². The van der Waals surface area contributed by atoms with Crippen molar-refractivity contribution in [2.45, 2.75) is 39.3 Å². The van der Waals surface area contributed by atoms with E-state index in [0.717, 1.165) is 4.90 Å². The molecule has 1 amide bonds. The Morgan fingerprint density at radius 2 is 1.74 bits per heavy atom. The van der Waals surface area contributed by atoms with E-state index >= 15 is 0 Å². The molecule has 0 fully saturated rings. The van der Waals surface area contributed by atoms with E-state index in [2.05, 4.69) is 0 Å². The summed E-state index contributed by atoms with van der Waals surface area (Å²) in [6.07, 6.45) is -0.673. The number of carbonyl (C=O) groups excluding carboxylic acids is 1. The van der Waals surface area contributed by atoms with E-state index < -0.39 is 23.7 Å². The predicted octanol–water partition coefficient (Wildman–Crippen LogP) is 2.90. The second-order valence-electron chi connectivity index (χ2n) is 5.20. The first-order valence-corrected chi connectivity index (χ1v) is 6.02. The largest absolute Gasteiger partial charge is 0.480 e. The SMILES string of the molecule is C[C@@H](C(=O)O)N(C(=O)OC(C)(C)C)c1ccccc1. The molecule has 0 saturated heterocycles. The fourth-order valence-electron chi connectivity index (χ4n) is 1.50. The van der Waals surface area contributed by atoms with Crippen LogP contribution in [0.3, 0.4) is 0 Å². The fourth-order valence-corrected chi connectivity index (χ4v) is 1.50. The second kappa shape index (κ2) is 5.73. The first kappa shape index (κ1) is 15.0. The Labute approximate surface area is 112 Å². The minimum Gasteiger partial charge on any atom is -0.480 e. The first-order valence-electron chi connectivity index (χ1n) is 6.02. The lowest BCUT2D eigenvalue weighted by molar-refractivity contribution is -0.138. The van der Waals surface area contributed by atoms with Crippen LogP contribution in [0.15, 0.2) is 30.3 Å². The van der Waals surface area contributed by atoms with Crippen LogP contribution in [0.1, 0.15) is 27.7 Å². The number of nitrogens with zero attached hydrogens (tertiary/aromatic N) is 1. The van der Waals surface area contributed by atoms with Gasteiger partial charge in [0.2, 0.25) is 0 Å². The number of anilines is 1. The van der Waals surface area contributed by atoms with Crippen molar-refractivity contribution in [3.05, 3.63) is 30.3 Å². The van der Waals surface area contributed by atoms with E-state index in [-0.39, 0.29) is 0 Å². The highest BCUT2D eigenvalue weighted by molar-refractivity contribution is 5.95. The molecular formula is C14H19NO4. The van der Waals surface area contributed by atoms with Crippen molar-refractivity contribution in [2.75, 3.05) is 4.90 Å². The minimum atomic E-state index is -1.09. The van der Waals surface area contributed by atoms with Crippen LogP contribution in [0, 0.1) is 0 Å². The van der Waals surface area contributed by atoms with Crippen LogP contribution in [0.25, 0.3) is 0 Å². The number of carboxylic acids is 1. The van der Waals surface area contributed by atoms with E-state index in [0.29, 0.717) is 5.69 Å². The molecular weight excluding hydrogens is 246 g/mol. The van der Waals surface area contributed by atoms with Gasteiger partial charge in [-0.25, -0.2) is 9.59 Å². The molecule has 0 spiro atoms. The fraction of sp³-hybridized carbons (Fsp3) is 0.429. The Bertz CT molecular complexity index is 450. The summed E-state index contributed by atoms with van der Waals surface area (Å²) in [6.45, 7) is 6.65. The molecule has 1 N–H and O–H groups in total. The lowest BCUT2D eigenvalue weighted by Gasteiger charge is -2.29. The maximum absolute atomic E-state index is 12.1. The quantitative estimate of drug-likeness (QED) is 0.912. The maximum atomic E-state index is 12.1. The highest BCUT2D eigenvalue weighted by Gasteiger charge is 2.30. The summed E-state index contributed by atoms with van der Waals surface area (Å²) >= 11 is 0. The summed E-state index contributed by atoms with van der Waals surface area (Å²) in [5, 5.41) is 9.11. The molecule has 0 aromatic heterocycles. The Kier molecular flexibility index (Phi) is 4.53. The van der Waals surface area contributed by atoms with Crippen molar-refractivity contribution in [1.82, 2.24) is 0 Å². The van der Waals surface area contributed by atoms with Crippen LogP contribution in [-0.2, 0) is 9.53 Å². The summed E-state index contributed by atoms with van der Waals surface area (Å²) < 4.78 is 5.25. The number of carbonyl (C=O) groups is 2. The van der Waals surface area contributed by atoms with Crippen molar-refractivity contribution in [2.24, 2.45) is 0 Å². The van der Waals surface area contributed by atoms with Crippen molar-refractivity contribution in [3.63, 3.8) is 0 Å². The second-order valence-corrected chi connectivity index (χ2v) is 5.20. The molecule has 0 heterocycles. The highest BCUT2D eigenvalue weighted by Crippen LogP contribution is 2.20. The number of para-hydroxylation sites is 1. The highest BCUT2D eigenvalue weighted by atomic mass is 16.6. The summed E-state index contributed by atoms with van der Waals surface area (Å²) in [4.78, 5) is 24.4. The molecule has 0 aliphatic heterocycles. The van der Waals surface area contributed by atoms with Crippen LogP contribution in [0.4, 0.5) is 10.5 Å². The van der Waals surface area contributed by atoms with Gasteiger partial charge in [0, 0.05) is 5.69 Å². The summed E-state index contributed by atoms with van der Waals surface area (Å²) in [7, 11) is 0. The van der Waals surface area contributed by atoms with E-state index in [9.17, 15) is 9.59 Å². The number of rotatable bonds is 3. The Morgan fingerprint density at radius 3 is 2.16 bits per heavy atom. The number of carboxylic acid groups (broad SMARTS) is 1. The molecule has 0 aliphatic carbocycles. The number of hydrogen-bond acceptors (Lipinski definition) is 3. The minimum absolute atomic E-state index is 0.492. The van der Waals surface area contributed by atoms with Gasteiger partial charge in [-0.15, -0.1) is 0 Å². The topological polar surface area (TPSA) is 66.8 Å². The number of benzene rings is 1. The van der Waals surface area contributed by atoms with Crippen LogP contribution in [0.2, 0.25) is 0 Å². The van der Waals surface area contributed by atoms with Crippen LogP contribution in [0.5, 0.6) is 0 Å². The normalized spacial score (nSPS) is 12.6. The van der Waals surface area contributed by atoms with Gasteiger partial charge in [0.15, 0.2) is 0 Å². The molecule has 1 aromatic carbocycles. The zero-order valence-electron chi connectivity index (χ0n) is 11.6. The molecule has 0 unspecified atom stereocenters. The summed E-state index contributed by atoms with van der Waals surface area (Å²) in [5.41, 5.74) is -0.186. The van der Waals surface area contributed by atoms with Gasteiger partial charge in [0.25, 0.3) is 0 Å². The van der Waals surface area contributed by atoms with Crippen LogP contribution < -0.4 is 4.90 Å². The molecule has 104 valence electrons. The molecule has 0 aliphatic rings. The zero-order valence-corrected chi connectivity index (χ0v) is 11.6. The monoisotopic (exact) mass is 265 g/mol. The van der Waals surface area contributed by atoms with E-state index in [1.54, 1.807) is 51.1 Å². The standard InChI is InChI=1S/C14H19NO4/c1-10(12(16)17)15(11-8-6-5-7-9-11)13(18)19-14(2,3)4/h5-10H,1-4H3,(H,16,17)/t10-/m0/s1. The van der Waals surface area contributed by atoms with Crippen molar-refractivity contribution >= 4 is 17.7 Å². The maximum Gasteiger partial charge on any atom is 0.415 e. The van der Waals surface area contributed by atoms with Crippen molar-refractivity contribution < 1.29 is 19.4 Å². The smallest absolute Gasteiger partial charge is 0.415 e. The zero-order chi connectivity index (χ0) is 14.6. The summed E-state index contributed by atoms with van der Waals surface area (Å²) in [5.74, 6) is -1.09. The van der Waals surface area contributed by atoms with Gasteiger partial charge in [-0.3, -0.25) is 4.90 Å². The summed E-state index contributed by atoms with van der Waals surface area (Å²) in [6, 6.07) is 7.61. The van der Waals surface area contributed by atoms with E-state index in [1.165, 1.54) is 6.92 Å². The third kappa shape index (κ3) is 4.28. The third-order valence-corrected chi connectivity index (χ3v) is 2.37. The number of hydrogen-bond donors (Lipinski definition) is 1. The molecule has 0 bridgehead atoms. The number of amides is 1. The van der Waals surface area contributed by atoms with Gasteiger partial charge >= 0.3 is 12.1 Å². The van der Waals surface area contributed by atoms with E-state index in [4.69, 9.17) is 9.84 Å².